The molecular formula is C21H18ClN3O3. The van der Waals surface area contributed by atoms with Gasteiger partial charge in [0.25, 0.3) is 11.8 Å². The Labute approximate surface area is 167 Å². The molecule has 0 saturated heterocycles. The van der Waals surface area contributed by atoms with Gasteiger partial charge in [-0.15, -0.1) is 0 Å². The monoisotopic (exact) mass is 395 g/mol. The number of rotatable bonds is 6. The second-order valence-electron chi connectivity index (χ2n) is 5.95. The molecule has 0 radical (unpaired) electrons. The summed E-state index contributed by atoms with van der Waals surface area (Å²) in [6, 6.07) is 17.0. The Hall–Kier alpha value is -3.38. The number of benzene rings is 2. The minimum atomic E-state index is -0.731. The summed E-state index contributed by atoms with van der Waals surface area (Å²) in [6.45, 7) is 1.64. The fourth-order valence-corrected chi connectivity index (χ4v) is 2.55. The van der Waals surface area contributed by atoms with Crippen molar-refractivity contribution in [2.24, 2.45) is 0 Å². The summed E-state index contributed by atoms with van der Waals surface area (Å²) in [5, 5.41) is 5.99. The molecule has 1 heterocycles. The molecule has 0 aliphatic carbocycles. The van der Waals surface area contributed by atoms with Crippen LogP contribution in [0.25, 0.3) is 0 Å². The number of halogens is 1. The lowest BCUT2D eigenvalue weighted by Gasteiger charge is -2.15. The molecule has 0 spiro atoms. The molecule has 0 aliphatic rings. The second kappa shape index (κ2) is 9.01. The van der Waals surface area contributed by atoms with Gasteiger partial charge in [-0.1, -0.05) is 23.7 Å². The predicted molar refractivity (Wildman–Crippen MR) is 109 cm³/mol. The van der Waals surface area contributed by atoms with Gasteiger partial charge in [0.15, 0.2) is 6.10 Å². The summed E-state index contributed by atoms with van der Waals surface area (Å²) in [5.74, 6) is -0.101. The molecule has 28 heavy (non-hydrogen) atoms. The third-order valence-electron chi connectivity index (χ3n) is 3.86. The molecule has 6 nitrogen and oxygen atoms in total. The SMILES string of the molecule is CC(Oc1ccccc1Cl)C(=O)Nc1ccc(NC(=O)c2ccncc2)cc1. The van der Waals surface area contributed by atoms with Crippen LogP contribution in [-0.2, 0) is 4.79 Å². The summed E-state index contributed by atoms with van der Waals surface area (Å²) in [4.78, 5) is 28.3. The molecule has 3 aromatic rings. The quantitative estimate of drug-likeness (QED) is 0.648. The molecule has 2 aromatic carbocycles. The highest BCUT2D eigenvalue weighted by Crippen LogP contribution is 2.24. The molecular weight excluding hydrogens is 378 g/mol. The van der Waals surface area contributed by atoms with Crippen molar-refractivity contribution in [3.05, 3.63) is 83.6 Å². The van der Waals surface area contributed by atoms with Crippen molar-refractivity contribution >= 4 is 34.8 Å². The number of anilines is 2. The maximum Gasteiger partial charge on any atom is 0.265 e. The maximum atomic E-state index is 12.3. The van der Waals surface area contributed by atoms with Crippen molar-refractivity contribution in [3.63, 3.8) is 0 Å². The van der Waals surface area contributed by atoms with Crippen LogP contribution in [0.1, 0.15) is 17.3 Å². The van der Waals surface area contributed by atoms with Gasteiger partial charge < -0.3 is 15.4 Å². The Morgan fingerprint density at radius 1 is 0.929 bits per heavy atom. The van der Waals surface area contributed by atoms with E-state index in [0.717, 1.165) is 0 Å². The maximum absolute atomic E-state index is 12.3. The lowest BCUT2D eigenvalue weighted by Crippen LogP contribution is -2.30. The van der Waals surface area contributed by atoms with E-state index in [1.165, 1.54) is 0 Å². The van der Waals surface area contributed by atoms with Crippen LogP contribution >= 0.6 is 11.6 Å². The number of pyridine rings is 1. The van der Waals surface area contributed by atoms with Crippen LogP contribution in [0.3, 0.4) is 0 Å². The zero-order valence-corrected chi connectivity index (χ0v) is 15.8. The van der Waals surface area contributed by atoms with Crippen LogP contribution in [0.5, 0.6) is 5.75 Å². The van der Waals surface area contributed by atoms with Crippen LogP contribution in [0, 0.1) is 0 Å². The topological polar surface area (TPSA) is 80.3 Å². The van der Waals surface area contributed by atoms with Crippen molar-refractivity contribution in [2.45, 2.75) is 13.0 Å². The summed E-state index contributed by atoms with van der Waals surface area (Å²) < 4.78 is 5.60. The number of carbonyl (C=O) groups is 2. The van der Waals surface area contributed by atoms with Gasteiger partial charge in [0.05, 0.1) is 5.02 Å². The summed E-state index contributed by atoms with van der Waals surface area (Å²) in [7, 11) is 0. The van der Waals surface area contributed by atoms with Gasteiger partial charge in [-0.2, -0.15) is 0 Å². The van der Waals surface area contributed by atoms with Crippen molar-refractivity contribution < 1.29 is 14.3 Å². The average molecular weight is 396 g/mol. The Kier molecular flexibility index (Phi) is 6.24. The first-order valence-electron chi connectivity index (χ1n) is 8.56. The van der Waals surface area contributed by atoms with Crippen LogP contribution in [0.2, 0.25) is 5.02 Å². The highest BCUT2D eigenvalue weighted by molar-refractivity contribution is 6.32. The summed E-state index contributed by atoms with van der Waals surface area (Å²) in [5.41, 5.74) is 1.71. The normalized spacial score (nSPS) is 11.4. The van der Waals surface area contributed by atoms with E-state index < -0.39 is 6.10 Å². The van der Waals surface area contributed by atoms with Crippen LogP contribution in [0.4, 0.5) is 11.4 Å². The van der Waals surface area contributed by atoms with Crippen molar-refractivity contribution in [2.75, 3.05) is 10.6 Å². The first-order chi connectivity index (χ1) is 13.5. The van der Waals surface area contributed by atoms with Crippen molar-refractivity contribution in [1.82, 2.24) is 4.98 Å². The van der Waals surface area contributed by atoms with Gasteiger partial charge in [0.1, 0.15) is 5.75 Å². The number of ether oxygens (including phenoxy) is 1. The Bertz CT molecular complexity index is 962. The Balaban J connectivity index is 1.57. The minimum Gasteiger partial charge on any atom is -0.479 e. The zero-order chi connectivity index (χ0) is 19.9. The molecule has 3 rings (SSSR count). The molecule has 2 N–H and O–H groups in total. The van der Waals surface area contributed by atoms with Gasteiger partial charge in [-0.3, -0.25) is 14.6 Å². The van der Waals surface area contributed by atoms with E-state index in [-0.39, 0.29) is 11.8 Å². The molecule has 2 amide bonds. The van der Waals surface area contributed by atoms with E-state index in [1.807, 2.05) is 0 Å². The largest absolute Gasteiger partial charge is 0.479 e. The Morgan fingerprint density at radius 3 is 2.18 bits per heavy atom. The van der Waals surface area contributed by atoms with Gasteiger partial charge >= 0.3 is 0 Å². The summed E-state index contributed by atoms with van der Waals surface area (Å²) >= 11 is 6.04. The Morgan fingerprint density at radius 2 is 1.54 bits per heavy atom. The number of hydrogen-bond acceptors (Lipinski definition) is 4. The van der Waals surface area contributed by atoms with Crippen LogP contribution in [-0.4, -0.2) is 22.9 Å². The van der Waals surface area contributed by atoms with Gasteiger partial charge in [-0.25, -0.2) is 0 Å². The van der Waals surface area contributed by atoms with E-state index >= 15 is 0 Å². The molecule has 1 atom stereocenters. The van der Waals surface area contributed by atoms with E-state index in [0.29, 0.717) is 27.7 Å². The molecule has 1 unspecified atom stereocenters. The molecule has 7 heteroatoms. The fraction of sp³-hybridized carbons (Fsp3) is 0.0952. The first-order valence-corrected chi connectivity index (χ1v) is 8.94. The van der Waals surface area contributed by atoms with E-state index in [9.17, 15) is 9.59 Å². The average Bonchev–Trinajstić information content (AvgIpc) is 2.71. The van der Waals surface area contributed by atoms with Gasteiger partial charge in [0.2, 0.25) is 0 Å². The molecule has 0 fully saturated rings. The number of amides is 2. The predicted octanol–water partition coefficient (Wildman–Crippen LogP) is 4.39. The number of carbonyl (C=O) groups excluding carboxylic acids is 2. The van der Waals surface area contributed by atoms with Crippen LogP contribution in [0.15, 0.2) is 73.1 Å². The second-order valence-corrected chi connectivity index (χ2v) is 6.35. The minimum absolute atomic E-state index is 0.235. The third kappa shape index (κ3) is 5.08. The zero-order valence-electron chi connectivity index (χ0n) is 15.1. The standard InChI is InChI=1S/C21H18ClN3O3/c1-14(28-19-5-3-2-4-18(19)22)20(26)24-16-6-8-17(9-7-16)25-21(27)15-10-12-23-13-11-15/h2-14H,1H3,(H,24,26)(H,25,27). The highest BCUT2D eigenvalue weighted by atomic mass is 35.5. The smallest absolute Gasteiger partial charge is 0.265 e. The third-order valence-corrected chi connectivity index (χ3v) is 4.17. The fourth-order valence-electron chi connectivity index (χ4n) is 2.37. The lowest BCUT2D eigenvalue weighted by molar-refractivity contribution is -0.122. The van der Waals surface area contributed by atoms with E-state index in [1.54, 1.807) is 80.0 Å². The number of nitrogens with one attached hydrogen (secondary N) is 2. The lowest BCUT2D eigenvalue weighted by atomic mass is 10.2. The van der Waals surface area contributed by atoms with Crippen molar-refractivity contribution in [1.29, 1.82) is 0 Å². The molecule has 0 bridgehead atoms. The summed E-state index contributed by atoms with van der Waals surface area (Å²) in [6.07, 6.45) is 2.38. The number of hydrogen-bond donors (Lipinski definition) is 2. The van der Waals surface area contributed by atoms with E-state index in [2.05, 4.69) is 15.6 Å². The van der Waals surface area contributed by atoms with Crippen molar-refractivity contribution in [3.8, 4) is 5.75 Å². The number of aromatic nitrogens is 1. The van der Waals surface area contributed by atoms with Gasteiger partial charge in [-0.05, 0) is 55.5 Å². The number of nitrogens with zero attached hydrogens (tertiary/aromatic N) is 1. The molecule has 0 saturated carbocycles. The molecule has 142 valence electrons. The first kappa shape index (κ1) is 19.4. The molecule has 0 aliphatic heterocycles. The highest BCUT2D eigenvalue weighted by Gasteiger charge is 2.16. The number of para-hydroxylation sites is 1. The van der Waals surface area contributed by atoms with Crippen LogP contribution < -0.4 is 15.4 Å². The molecule has 1 aromatic heterocycles. The van der Waals surface area contributed by atoms with E-state index in [4.69, 9.17) is 16.3 Å². The van der Waals surface area contributed by atoms with Gasteiger partial charge in [0, 0.05) is 29.3 Å².